The fraction of sp³-hybridized carbons (Fsp3) is 0.0556. The second kappa shape index (κ2) is 5.17. The van der Waals surface area contributed by atoms with E-state index in [0.717, 1.165) is 22.0 Å². The first-order chi connectivity index (χ1) is 9.72. The van der Waals surface area contributed by atoms with Crippen molar-refractivity contribution in [2.45, 2.75) is 6.92 Å². The summed E-state index contributed by atoms with van der Waals surface area (Å²) in [5.74, 6) is -0.0821. The molecule has 0 bridgehead atoms. The van der Waals surface area contributed by atoms with Crippen LogP contribution in [0, 0.1) is 6.92 Å². The Hall–Kier alpha value is -2.61. The first-order valence-corrected chi connectivity index (χ1v) is 6.59. The van der Waals surface area contributed by atoms with E-state index in [1.807, 2.05) is 73.7 Å². The van der Waals surface area contributed by atoms with Crippen molar-refractivity contribution in [2.75, 3.05) is 5.32 Å². The van der Waals surface area contributed by atoms with Gasteiger partial charge in [0.15, 0.2) is 0 Å². The number of nitrogens with one attached hydrogen (secondary N) is 1. The van der Waals surface area contributed by atoms with Gasteiger partial charge in [0.25, 0.3) is 5.91 Å². The maximum atomic E-state index is 12.3. The third-order valence-electron chi connectivity index (χ3n) is 3.29. The van der Waals surface area contributed by atoms with Gasteiger partial charge < -0.3 is 5.32 Å². The summed E-state index contributed by atoms with van der Waals surface area (Å²) in [6.07, 6.45) is 0. The SMILES string of the molecule is Cc1cccc(NC(=O)c2ccc3ccccc3c2)c1. The Balaban J connectivity index is 1.88. The zero-order chi connectivity index (χ0) is 13.9. The van der Waals surface area contributed by atoms with Gasteiger partial charge in [-0.2, -0.15) is 0 Å². The van der Waals surface area contributed by atoms with E-state index in [-0.39, 0.29) is 5.91 Å². The molecule has 0 spiro atoms. The lowest BCUT2D eigenvalue weighted by molar-refractivity contribution is 0.102. The number of hydrogen-bond acceptors (Lipinski definition) is 1. The second-order valence-electron chi connectivity index (χ2n) is 4.89. The molecule has 0 saturated carbocycles. The van der Waals surface area contributed by atoms with E-state index in [1.54, 1.807) is 0 Å². The fourth-order valence-electron chi connectivity index (χ4n) is 2.26. The maximum absolute atomic E-state index is 12.3. The molecule has 3 aromatic rings. The van der Waals surface area contributed by atoms with Crippen molar-refractivity contribution in [3.8, 4) is 0 Å². The average molecular weight is 261 g/mol. The molecule has 0 unspecified atom stereocenters. The summed E-state index contributed by atoms with van der Waals surface area (Å²) in [4.78, 5) is 12.3. The third-order valence-corrected chi connectivity index (χ3v) is 3.29. The van der Waals surface area contributed by atoms with Crippen molar-refractivity contribution in [1.29, 1.82) is 0 Å². The largest absolute Gasteiger partial charge is 0.322 e. The van der Waals surface area contributed by atoms with Gasteiger partial charge in [-0.3, -0.25) is 4.79 Å². The summed E-state index contributed by atoms with van der Waals surface area (Å²) >= 11 is 0. The van der Waals surface area contributed by atoms with E-state index in [9.17, 15) is 4.79 Å². The predicted molar refractivity (Wildman–Crippen MR) is 83.1 cm³/mol. The Labute approximate surface area is 118 Å². The molecule has 0 aromatic heterocycles. The average Bonchev–Trinajstić information content (AvgIpc) is 2.47. The van der Waals surface area contributed by atoms with E-state index >= 15 is 0 Å². The zero-order valence-corrected chi connectivity index (χ0v) is 11.3. The minimum Gasteiger partial charge on any atom is -0.322 e. The summed E-state index contributed by atoms with van der Waals surface area (Å²) in [7, 11) is 0. The lowest BCUT2D eigenvalue weighted by atomic mass is 10.1. The number of carbonyl (C=O) groups excluding carboxylic acids is 1. The second-order valence-corrected chi connectivity index (χ2v) is 4.89. The van der Waals surface area contributed by atoms with Gasteiger partial charge in [-0.15, -0.1) is 0 Å². The van der Waals surface area contributed by atoms with Gasteiger partial charge in [-0.25, -0.2) is 0 Å². The van der Waals surface area contributed by atoms with E-state index in [0.29, 0.717) is 5.56 Å². The number of carbonyl (C=O) groups is 1. The molecule has 0 fully saturated rings. The summed E-state index contributed by atoms with van der Waals surface area (Å²) < 4.78 is 0. The van der Waals surface area contributed by atoms with Crippen LogP contribution in [0.5, 0.6) is 0 Å². The lowest BCUT2D eigenvalue weighted by Crippen LogP contribution is -2.11. The van der Waals surface area contributed by atoms with Gasteiger partial charge in [-0.1, -0.05) is 42.5 Å². The van der Waals surface area contributed by atoms with Crippen LogP contribution >= 0.6 is 0 Å². The monoisotopic (exact) mass is 261 g/mol. The summed E-state index contributed by atoms with van der Waals surface area (Å²) in [5.41, 5.74) is 2.62. The van der Waals surface area contributed by atoms with Crippen LogP contribution in [-0.2, 0) is 0 Å². The van der Waals surface area contributed by atoms with E-state index in [2.05, 4.69) is 5.32 Å². The molecule has 0 saturated heterocycles. The molecule has 2 nitrogen and oxygen atoms in total. The van der Waals surface area contributed by atoms with Crippen LogP contribution in [0.3, 0.4) is 0 Å². The van der Waals surface area contributed by atoms with Gasteiger partial charge in [0.2, 0.25) is 0 Å². The van der Waals surface area contributed by atoms with Crippen molar-refractivity contribution in [3.63, 3.8) is 0 Å². The Bertz CT molecular complexity index is 777. The molecule has 2 heteroatoms. The minimum absolute atomic E-state index is 0.0821. The van der Waals surface area contributed by atoms with Crippen LogP contribution < -0.4 is 5.32 Å². The summed E-state index contributed by atoms with van der Waals surface area (Å²) in [6, 6.07) is 21.6. The smallest absolute Gasteiger partial charge is 0.255 e. The quantitative estimate of drug-likeness (QED) is 0.727. The molecule has 0 aliphatic heterocycles. The number of rotatable bonds is 2. The summed E-state index contributed by atoms with van der Waals surface area (Å²) in [5, 5.41) is 5.14. The highest BCUT2D eigenvalue weighted by molar-refractivity contribution is 6.06. The first kappa shape index (κ1) is 12.4. The van der Waals surface area contributed by atoms with Crippen molar-refractivity contribution in [2.24, 2.45) is 0 Å². The number of aryl methyl sites for hydroxylation is 1. The normalized spacial score (nSPS) is 10.4. The Morgan fingerprint density at radius 3 is 2.45 bits per heavy atom. The lowest BCUT2D eigenvalue weighted by Gasteiger charge is -2.07. The van der Waals surface area contributed by atoms with Crippen molar-refractivity contribution < 1.29 is 4.79 Å². The van der Waals surface area contributed by atoms with Crippen LogP contribution in [0.4, 0.5) is 5.69 Å². The van der Waals surface area contributed by atoms with E-state index in [1.165, 1.54) is 0 Å². The van der Waals surface area contributed by atoms with E-state index < -0.39 is 0 Å². The highest BCUT2D eigenvalue weighted by Crippen LogP contribution is 2.17. The van der Waals surface area contributed by atoms with Crippen LogP contribution in [0.15, 0.2) is 66.7 Å². The molecule has 3 aromatic carbocycles. The molecule has 0 atom stereocenters. The molecule has 0 aliphatic carbocycles. The Morgan fingerprint density at radius 1 is 0.850 bits per heavy atom. The minimum atomic E-state index is -0.0821. The number of fused-ring (bicyclic) bond motifs is 1. The Kier molecular flexibility index (Phi) is 3.21. The topological polar surface area (TPSA) is 29.1 Å². The first-order valence-electron chi connectivity index (χ1n) is 6.59. The number of benzene rings is 3. The van der Waals surface area contributed by atoms with Gasteiger partial charge in [0.05, 0.1) is 0 Å². The highest BCUT2D eigenvalue weighted by Gasteiger charge is 2.06. The van der Waals surface area contributed by atoms with Crippen LogP contribution in [0.2, 0.25) is 0 Å². The van der Waals surface area contributed by atoms with Crippen molar-refractivity contribution in [3.05, 3.63) is 77.9 Å². The standard InChI is InChI=1S/C18H15NO/c1-13-5-4-8-17(11-13)19-18(20)16-10-9-14-6-2-3-7-15(14)12-16/h2-12H,1H3,(H,19,20). The number of amides is 1. The maximum Gasteiger partial charge on any atom is 0.255 e. The molecule has 3 rings (SSSR count). The predicted octanol–water partition coefficient (Wildman–Crippen LogP) is 4.40. The number of anilines is 1. The van der Waals surface area contributed by atoms with Gasteiger partial charge >= 0.3 is 0 Å². The van der Waals surface area contributed by atoms with Gasteiger partial charge in [-0.05, 0) is 47.5 Å². The van der Waals surface area contributed by atoms with Crippen molar-refractivity contribution >= 4 is 22.4 Å². The molecule has 1 N–H and O–H groups in total. The molecule has 1 amide bonds. The molecule has 20 heavy (non-hydrogen) atoms. The van der Waals surface area contributed by atoms with E-state index in [4.69, 9.17) is 0 Å². The van der Waals surface area contributed by atoms with Crippen LogP contribution in [0.1, 0.15) is 15.9 Å². The zero-order valence-electron chi connectivity index (χ0n) is 11.3. The third kappa shape index (κ3) is 2.54. The van der Waals surface area contributed by atoms with Crippen molar-refractivity contribution in [1.82, 2.24) is 0 Å². The molecular weight excluding hydrogens is 246 g/mol. The molecular formula is C18H15NO. The summed E-state index contributed by atoms with van der Waals surface area (Å²) in [6.45, 7) is 2.01. The molecule has 0 aliphatic rings. The molecule has 0 heterocycles. The highest BCUT2D eigenvalue weighted by atomic mass is 16.1. The van der Waals surface area contributed by atoms with Gasteiger partial charge in [0.1, 0.15) is 0 Å². The Morgan fingerprint density at radius 2 is 1.65 bits per heavy atom. The molecule has 98 valence electrons. The molecule has 0 radical (unpaired) electrons. The van der Waals surface area contributed by atoms with Crippen LogP contribution in [-0.4, -0.2) is 5.91 Å². The van der Waals surface area contributed by atoms with Gasteiger partial charge in [0, 0.05) is 11.3 Å². The number of hydrogen-bond donors (Lipinski definition) is 1. The van der Waals surface area contributed by atoms with Crippen LogP contribution in [0.25, 0.3) is 10.8 Å². The fourth-order valence-corrected chi connectivity index (χ4v) is 2.26.